The number of sulfonamides is 1. The van der Waals surface area contributed by atoms with E-state index in [0.717, 1.165) is 37.0 Å². The highest BCUT2D eigenvalue weighted by Gasteiger charge is 2.33. The van der Waals surface area contributed by atoms with Crippen molar-refractivity contribution in [1.29, 1.82) is 0 Å². The maximum absolute atomic E-state index is 12.5. The summed E-state index contributed by atoms with van der Waals surface area (Å²) in [6.07, 6.45) is 14.3. The largest absolute Gasteiger partial charge is 1.00 e. The van der Waals surface area contributed by atoms with E-state index < -0.39 is 10.0 Å². The molecule has 0 radical (unpaired) electrons. The Kier molecular flexibility index (Phi) is 14.2. The Morgan fingerprint density at radius 3 is 1.85 bits per heavy atom. The van der Waals surface area contributed by atoms with E-state index in [4.69, 9.17) is 0 Å². The van der Waals surface area contributed by atoms with Gasteiger partial charge in [-0.3, -0.25) is 0 Å². The van der Waals surface area contributed by atoms with Crippen molar-refractivity contribution in [2.45, 2.75) is 71.1 Å². The minimum absolute atomic E-state index is 0. The second kappa shape index (κ2) is 14.1. The van der Waals surface area contributed by atoms with Gasteiger partial charge >= 0.3 is 0 Å². The standard InChI is InChI=1S/C20H41N2O2S.BrH/c1-4-6-7-8-9-10-11-12-13-14-20-25(23,24)21-15-18-22(3,17-5-2)19-16-21;/h5H,2,4,6-20H2,1,3H3;1H/q+1;/p-1. The lowest BCUT2D eigenvalue weighted by Crippen LogP contribution is -3.00. The third-order valence-electron chi connectivity index (χ3n) is 5.50. The van der Waals surface area contributed by atoms with E-state index in [1.54, 1.807) is 4.31 Å². The smallest absolute Gasteiger partial charge is 0.214 e. The number of unbranched alkanes of at least 4 members (excludes halogenated alkanes) is 9. The molecular formula is C20H41BrN2O2S. The van der Waals surface area contributed by atoms with Crippen LogP contribution in [0.25, 0.3) is 0 Å². The number of hydrogen-bond acceptors (Lipinski definition) is 2. The van der Waals surface area contributed by atoms with Gasteiger partial charge in [-0.2, -0.15) is 4.31 Å². The van der Waals surface area contributed by atoms with Gasteiger partial charge in [0.05, 0.1) is 45.5 Å². The molecule has 4 nitrogen and oxygen atoms in total. The first-order valence-electron chi connectivity index (χ1n) is 10.4. The predicted octanol–water partition coefficient (Wildman–Crippen LogP) is 1.19. The number of hydrogen-bond donors (Lipinski definition) is 0. The van der Waals surface area contributed by atoms with Gasteiger partial charge in [0.15, 0.2) is 0 Å². The van der Waals surface area contributed by atoms with Crippen LogP contribution in [0, 0.1) is 0 Å². The summed E-state index contributed by atoms with van der Waals surface area (Å²) in [5, 5.41) is 0. The molecule has 0 spiro atoms. The van der Waals surface area contributed by atoms with Crippen LogP contribution in [0.5, 0.6) is 0 Å². The Morgan fingerprint density at radius 2 is 1.38 bits per heavy atom. The van der Waals surface area contributed by atoms with E-state index in [-0.39, 0.29) is 17.0 Å². The summed E-state index contributed by atoms with van der Waals surface area (Å²) in [5.74, 6) is 0.328. The van der Waals surface area contributed by atoms with Gasteiger partial charge in [-0.1, -0.05) is 71.3 Å². The topological polar surface area (TPSA) is 37.4 Å². The molecule has 1 rings (SSSR count). The van der Waals surface area contributed by atoms with Crippen LogP contribution >= 0.6 is 0 Å². The SMILES string of the molecule is C=CC[N+]1(C)CCN(S(=O)(=O)CCCCCCCCCCCC)CC1.[Br-]. The second-order valence-corrected chi connectivity index (χ2v) is 10.0. The van der Waals surface area contributed by atoms with Crippen molar-refractivity contribution in [1.82, 2.24) is 4.31 Å². The summed E-state index contributed by atoms with van der Waals surface area (Å²) in [6, 6.07) is 0. The van der Waals surface area contributed by atoms with Gasteiger partial charge in [-0.25, -0.2) is 8.42 Å². The van der Waals surface area contributed by atoms with Crippen molar-refractivity contribution in [3.63, 3.8) is 0 Å². The summed E-state index contributed by atoms with van der Waals surface area (Å²) in [5.41, 5.74) is 0. The molecule has 0 unspecified atom stereocenters. The lowest BCUT2D eigenvalue weighted by atomic mass is 10.1. The Hall–Kier alpha value is 0.0900. The van der Waals surface area contributed by atoms with Crippen LogP contribution in [-0.4, -0.2) is 62.7 Å². The lowest BCUT2D eigenvalue weighted by Gasteiger charge is -2.40. The van der Waals surface area contributed by atoms with Gasteiger partial charge in [0.2, 0.25) is 10.0 Å². The zero-order valence-corrected chi connectivity index (χ0v) is 19.5. The van der Waals surface area contributed by atoms with Crippen LogP contribution < -0.4 is 17.0 Å². The Morgan fingerprint density at radius 1 is 0.923 bits per heavy atom. The lowest BCUT2D eigenvalue weighted by molar-refractivity contribution is -0.907. The van der Waals surface area contributed by atoms with E-state index in [0.29, 0.717) is 18.8 Å². The van der Waals surface area contributed by atoms with E-state index in [1.807, 2.05) is 6.08 Å². The maximum atomic E-state index is 12.5. The molecule has 0 saturated carbocycles. The summed E-state index contributed by atoms with van der Waals surface area (Å²) >= 11 is 0. The van der Waals surface area contributed by atoms with Gasteiger partial charge in [-0.05, 0) is 12.5 Å². The fraction of sp³-hybridized carbons (Fsp3) is 0.900. The maximum Gasteiger partial charge on any atom is 0.214 e. The monoisotopic (exact) mass is 452 g/mol. The van der Waals surface area contributed by atoms with Gasteiger partial charge in [0.1, 0.15) is 0 Å². The molecule has 0 amide bonds. The number of likely N-dealkylation sites (N-methyl/N-ethyl adjacent to an activating group) is 1. The van der Waals surface area contributed by atoms with E-state index in [9.17, 15) is 8.42 Å². The molecule has 26 heavy (non-hydrogen) atoms. The fourth-order valence-corrected chi connectivity index (χ4v) is 5.15. The molecular weight excluding hydrogens is 412 g/mol. The van der Waals surface area contributed by atoms with Crippen LogP contribution in [0.1, 0.15) is 71.1 Å². The van der Waals surface area contributed by atoms with Gasteiger partial charge in [0.25, 0.3) is 0 Å². The van der Waals surface area contributed by atoms with Crippen LogP contribution in [0.2, 0.25) is 0 Å². The summed E-state index contributed by atoms with van der Waals surface area (Å²) in [7, 11) is -0.870. The number of nitrogens with zero attached hydrogens (tertiary/aromatic N) is 2. The van der Waals surface area contributed by atoms with Crippen molar-refractivity contribution in [3.8, 4) is 0 Å². The average molecular weight is 454 g/mol. The zero-order valence-electron chi connectivity index (χ0n) is 17.1. The van der Waals surface area contributed by atoms with Crippen molar-refractivity contribution in [2.24, 2.45) is 0 Å². The molecule has 0 aromatic rings. The minimum atomic E-state index is -3.06. The molecule has 0 bridgehead atoms. The van der Waals surface area contributed by atoms with Crippen molar-refractivity contribution in [3.05, 3.63) is 12.7 Å². The highest BCUT2D eigenvalue weighted by molar-refractivity contribution is 7.89. The summed E-state index contributed by atoms with van der Waals surface area (Å²) in [4.78, 5) is 0. The van der Waals surface area contributed by atoms with E-state index >= 15 is 0 Å². The second-order valence-electron chi connectivity index (χ2n) is 7.94. The van der Waals surface area contributed by atoms with Crippen molar-refractivity contribution in [2.75, 3.05) is 45.5 Å². The molecule has 0 aromatic carbocycles. The summed E-state index contributed by atoms with van der Waals surface area (Å²) < 4.78 is 27.6. The van der Waals surface area contributed by atoms with Crippen LogP contribution in [-0.2, 0) is 10.0 Å². The first-order chi connectivity index (χ1) is 11.9. The predicted molar refractivity (Wildman–Crippen MR) is 108 cm³/mol. The molecule has 1 aliphatic heterocycles. The molecule has 156 valence electrons. The highest BCUT2D eigenvalue weighted by atomic mass is 79.9. The number of quaternary nitrogens is 1. The Bertz CT molecular complexity index is 460. The molecule has 1 fully saturated rings. The third-order valence-corrected chi connectivity index (χ3v) is 7.45. The molecule has 0 aliphatic carbocycles. The van der Waals surface area contributed by atoms with Crippen molar-refractivity contribution >= 4 is 10.0 Å². The molecule has 0 N–H and O–H groups in total. The van der Waals surface area contributed by atoms with Crippen molar-refractivity contribution < 1.29 is 29.9 Å². The zero-order chi connectivity index (χ0) is 18.6. The minimum Gasteiger partial charge on any atom is -1.00 e. The first-order valence-corrected chi connectivity index (χ1v) is 12.0. The summed E-state index contributed by atoms with van der Waals surface area (Å²) in [6.45, 7) is 10.1. The van der Waals surface area contributed by atoms with Crippen LogP contribution in [0.4, 0.5) is 0 Å². The van der Waals surface area contributed by atoms with Crippen LogP contribution in [0.15, 0.2) is 12.7 Å². The Balaban J connectivity index is 0.00000625. The molecule has 6 heteroatoms. The van der Waals surface area contributed by atoms with E-state index in [2.05, 4.69) is 20.6 Å². The van der Waals surface area contributed by atoms with Gasteiger partial charge in [0, 0.05) is 0 Å². The van der Waals surface area contributed by atoms with E-state index in [1.165, 1.54) is 51.4 Å². The number of rotatable bonds is 14. The number of piperazine rings is 1. The number of halogens is 1. The van der Waals surface area contributed by atoms with Gasteiger partial charge < -0.3 is 21.5 Å². The molecule has 1 heterocycles. The molecule has 0 atom stereocenters. The third kappa shape index (κ3) is 10.4. The van der Waals surface area contributed by atoms with Gasteiger partial charge in [-0.15, -0.1) is 0 Å². The average Bonchev–Trinajstić information content (AvgIpc) is 2.57. The highest BCUT2D eigenvalue weighted by Crippen LogP contribution is 2.16. The quantitative estimate of drug-likeness (QED) is 0.225. The fourth-order valence-electron chi connectivity index (χ4n) is 3.60. The van der Waals surface area contributed by atoms with Crippen LogP contribution in [0.3, 0.4) is 0 Å². The molecule has 1 aliphatic rings. The Labute approximate surface area is 173 Å². The molecule has 0 aromatic heterocycles. The first kappa shape index (κ1) is 26.1. The molecule has 1 saturated heterocycles. The normalized spacial score (nSPS) is 17.6.